The van der Waals surface area contributed by atoms with Gasteiger partial charge >= 0.3 is 0 Å². The van der Waals surface area contributed by atoms with Crippen LogP contribution in [0.2, 0.25) is 0 Å². The van der Waals surface area contributed by atoms with Crippen molar-refractivity contribution in [1.29, 1.82) is 0 Å². The highest BCUT2D eigenvalue weighted by Crippen LogP contribution is 2.34. The molecular weight excluding hydrogens is 266 g/mol. The highest BCUT2D eigenvalue weighted by atomic mass is 14.9. The van der Waals surface area contributed by atoms with Crippen LogP contribution in [0.15, 0.2) is 72.8 Å². The molecule has 2 aromatic heterocycles. The first kappa shape index (κ1) is 11.8. The third-order valence-corrected chi connectivity index (χ3v) is 4.70. The number of aryl methyl sites for hydroxylation is 1. The number of para-hydroxylation sites is 1. The minimum absolute atomic E-state index is 1.27. The van der Waals surface area contributed by atoms with Gasteiger partial charge in [-0.25, -0.2) is 0 Å². The van der Waals surface area contributed by atoms with E-state index in [1.165, 1.54) is 43.7 Å². The molecule has 0 aliphatic carbocycles. The molecule has 22 heavy (non-hydrogen) atoms. The first-order valence-corrected chi connectivity index (χ1v) is 7.65. The minimum atomic E-state index is 1.27. The molecule has 0 amide bonds. The lowest BCUT2D eigenvalue weighted by atomic mass is 10.1. The Morgan fingerprint density at radius 3 is 1.95 bits per heavy atom. The fourth-order valence-corrected chi connectivity index (χ4v) is 3.67. The standard InChI is InChI=1S/C21H15N/c1-14-7-6-12-20-18(14)13-21-17-10-3-2-8-15(17)16-9-4-5-11-19(16)22(20)21/h2-13H,1H3. The van der Waals surface area contributed by atoms with E-state index in [1.54, 1.807) is 0 Å². The Kier molecular flexibility index (Phi) is 2.21. The maximum Gasteiger partial charge on any atom is 0.0547 e. The lowest BCUT2D eigenvalue weighted by molar-refractivity contribution is 1.34. The number of hydrogen-bond acceptors (Lipinski definition) is 0. The summed E-state index contributed by atoms with van der Waals surface area (Å²) in [5, 5.41) is 5.29. The maximum absolute atomic E-state index is 2.40. The summed E-state index contributed by atoms with van der Waals surface area (Å²) in [6, 6.07) is 26.3. The zero-order valence-corrected chi connectivity index (χ0v) is 12.4. The molecule has 0 N–H and O–H groups in total. The van der Waals surface area contributed by atoms with Crippen LogP contribution in [0.3, 0.4) is 0 Å². The van der Waals surface area contributed by atoms with Crippen LogP contribution in [-0.4, -0.2) is 4.40 Å². The van der Waals surface area contributed by atoms with Gasteiger partial charge in [0.1, 0.15) is 0 Å². The number of aromatic nitrogens is 1. The number of pyridine rings is 1. The highest BCUT2D eigenvalue weighted by Gasteiger charge is 2.12. The molecule has 0 aliphatic rings. The van der Waals surface area contributed by atoms with Gasteiger partial charge in [-0.05, 0) is 36.1 Å². The van der Waals surface area contributed by atoms with E-state index >= 15 is 0 Å². The van der Waals surface area contributed by atoms with Crippen molar-refractivity contribution in [2.75, 3.05) is 0 Å². The Balaban J connectivity index is 2.24. The molecule has 1 heteroatoms. The molecule has 0 bridgehead atoms. The molecule has 0 spiro atoms. The predicted octanol–water partition coefficient (Wildman–Crippen LogP) is 5.71. The van der Waals surface area contributed by atoms with Gasteiger partial charge in [-0.15, -0.1) is 0 Å². The molecule has 0 fully saturated rings. The molecule has 0 saturated carbocycles. The van der Waals surface area contributed by atoms with Gasteiger partial charge in [0.2, 0.25) is 0 Å². The van der Waals surface area contributed by atoms with E-state index in [0.717, 1.165) is 0 Å². The SMILES string of the molecule is Cc1cccc2c1cc1c3ccccc3c3ccccc3n21. The van der Waals surface area contributed by atoms with E-state index in [1.807, 2.05) is 0 Å². The summed E-state index contributed by atoms with van der Waals surface area (Å²) < 4.78 is 2.40. The van der Waals surface area contributed by atoms with Gasteiger partial charge in [0.05, 0.1) is 16.6 Å². The first-order chi connectivity index (χ1) is 10.8. The highest BCUT2D eigenvalue weighted by molar-refractivity contribution is 6.15. The average Bonchev–Trinajstić information content (AvgIpc) is 2.97. The molecule has 0 aliphatic heterocycles. The lowest BCUT2D eigenvalue weighted by Gasteiger charge is -2.09. The molecule has 5 aromatic rings. The van der Waals surface area contributed by atoms with Gasteiger partial charge in [-0.2, -0.15) is 0 Å². The Hall–Kier alpha value is -2.80. The van der Waals surface area contributed by atoms with Crippen molar-refractivity contribution in [2.24, 2.45) is 0 Å². The Morgan fingerprint density at radius 1 is 0.545 bits per heavy atom. The molecule has 2 heterocycles. The summed E-state index contributed by atoms with van der Waals surface area (Å²) in [6.07, 6.45) is 0. The van der Waals surface area contributed by atoms with E-state index in [2.05, 4.69) is 84.1 Å². The van der Waals surface area contributed by atoms with Crippen LogP contribution < -0.4 is 0 Å². The van der Waals surface area contributed by atoms with Crippen LogP contribution in [0.25, 0.3) is 38.1 Å². The maximum atomic E-state index is 2.40. The third kappa shape index (κ3) is 1.38. The molecule has 0 atom stereocenters. The summed E-state index contributed by atoms with van der Waals surface area (Å²) in [7, 11) is 0. The summed E-state index contributed by atoms with van der Waals surface area (Å²) in [6.45, 7) is 2.19. The van der Waals surface area contributed by atoms with Crippen LogP contribution >= 0.6 is 0 Å². The molecule has 0 unspecified atom stereocenters. The van der Waals surface area contributed by atoms with E-state index in [4.69, 9.17) is 0 Å². The normalized spacial score (nSPS) is 11.9. The Morgan fingerprint density at radius 2 is 1.14 bits per heavy atom. The number of benzene rings is 3. The molecule has 0 saturated heterocycles. The molecular formula is C21H15N. The summed E-state index contributed by atoms with van der Waals surface area (Å²) in [5.41, 5.74) is 5.18. The van der Waals surface area contributed by atoms with Gasteiger partial charge in [0.25, 0.3) is 0 Å². The van der Waals surface area contributed by atoms with Crippen molar-refractivity contribution in [3.05, 3.63) is 78.4 Å². The van der Waals surface area contributed by atoms with E-state index in [-0.39, 0.29) is 0 Å². The van der Waals surface area contributed by atoms with Crippen LogP contribution in [0.1, 0.15) is 5.56 Å². The fraction of sp³-hybridized carbons (Fsp3) is 0.0476. The Labute approximate surface area is 128 Å². The zero-order chi connectivity index (χ0) is 14.7. The van der Waals surface area contributed by atoms with Crippen molar-refractivity contribution in [3.63, 3.8) is 0 Å². The van der Waals surface area contributed by atoms with Crippen LogP contribution in [0, 0.1) is 6.92 Å². The van der Waals surface area contributed by atoms with Crippen molar-refractivity contribution < 1.29 is 0 Å². The Bertz CT molecular complexity index is 1180. The largest absolute Gasteiger partial charge is 0.309 e. The third-order valence-electron chi connectivity index (χ3n) is 4.70. The topological polar surface area (TPSA) is 4.41 Å². The van der Waals surface area contributed by atoms with Crippen LogP contribution in [0.5, 0.6) is 0 Å². The zero-order valence-electron chi connectivity index (χ0n) is 12.4. The summed E-state index contributed by atoms with van der Waals surface area (Å²) >= 11 is 0. The minimum Gasteiger partial charge on any atom is -0.309 e. The lowest BCUT2D eigenvalue weighted by Crippen LogP contribution is -1.90. The van der Waals surface area contributed by atoms with Gasteiger partial charge in [0.15, 0.2) is 0 Å². The van der Waals surface area contributed by atoms with E-state index in [9.17, 15) is 0 Å². The number of nitrogens with zero attached hydrogens (tertiary/aromatic N) is 1. The number of hydrogen-bond donors (Lipinski definition) is 0. The van der Waals surface area contributed by atoms with Crippen LogP contribution in [-0.2, 0) is 0 Å². The van der Waals surface area contributed by atoms with Gasteiger partial charge in [0, 0.05) is 16.2 Å². The van der Waals surface area contributed by atoms with Gasteiger partial charge < -0.3 is 4.40 Å². The molecule has 104 valence electrons. The van der Waals surface area contributed by atoms with E-state index < -0.39 is 0 Å². The van der Waals surface area contributed by atoms with E-state index in [0.29, 0.717) is 0 Å². The second-order valence-corrected chi connectivity index (χ2v) is 5.94. The van der Waals surface area contributed by atoms with Gasteiger partial charge in [-0.3, -0.25) is 0 Å². The van der Waals surface area contributed by atoms with Crippen molar-refractivity contribution >= 4 is 38.1 Å². The fourth-order valence-electron chi connectivity index (χ4n) is 3.67. The second kappa shape index (κ2) is 4.11. The summed E-state index contributed by atoms with van der Waals surface area (Å²) in [4.78, 5) is 0. The number of fused-ring (bicyclic) bond motifs is 8. The molecule has 0 radical (unpaired) electrons. The van der Waals surface area contributed by atoms with Gasteiger partial charge in [-0.1, -0.05) is 54.6 Å². The molecule has 3 aromatic carbocycles. The van der Waals surface area contributed by atoms with Crippen molar-refractivity contribution in [1.82, 2.24) is 4.40 Å². The quantitative estimate of drug-likeness (QED) is 0.320. The summed E-state index contributed by atoms with van der Waals surface area (Å²) in [5.74, 6) is 0. The second-order valence-electron chi connectivity index (χ2n) is 5.94. The van der Waals surface area contributed by atoms with Crippen LogP contribution in [0.4, 0.5) is 0 Å². The first-order valence-electron chi connectivity index (χ1n) is 7.65. The monoisotopic (exact) mass is 281 g/mol. The average molecular weight is 281 g/mol. The smallest absolute Gasteiger partial charge is 0.0547 e. The predicted molar refractivity (Wildman–Crippen MR) is 94.7 cm³/mol. The number of rotatable bonds is 0. The van der Waals surface area contributed by atoms with Crippen molar-refractivity contribution in [2.45, 2.75) is 6.92 Å². The molecule has 5 rings (SSSR count). The van der Waals surface area contributed by atoms with Crippen molar-refractivity contribution in [3.8, 4) is 0 Å². The molecule has 1 nitrogen and oxygen atoms in total.